The first-order valence-electron chi connectivity index (χ1n) is 3.85. The highest BCUT2D eigenvalue weighted by Gasteiger charge is 2.32. The molecule has 0 spiro atoms. The molecule has 1 atom stereocenters. The number of hydrogen-bond acceptors (Lipinski definition) is 5. The Hall–Kier alpha value is -1.19. The van der Waals surface area contributed by atoms with Gasteiger partial charge in [-0.05, 0) is 0 Å². The van der Waals surface area contributed by atoms with E-state index in [-0.39, 0.29) is 13.2 Å². The lowest BCUT2D eigenvalue weighted by atomic mass is 10.3. The maximum Gasteiger partial charge on any atom is 0.324 e. The number of rotatable bonds is 6. The second kappa shape index (κ2) is 5.63. The van der Waals surface area contributed by atoms with E-state index >= 15 is 0 Å². The zero-order valence-electron chi connectivity index (χ0n) is 7.58. The Kier molecular flexibility index (Phi) is 5.19. The minimum Gasteiger partial charge on any atom is -0.480 e. The van der Waals surface area contributed by atoms with E-state index in [9.17, 15) is 18.0 Å². The molecule has 8 nitrogen and oxygen atoms in total. The van der Waals surface area contributed by atoms with Crippen molar-refractivity contribution in [1.29, 1.82) is 0 Å². The van der Waals surface area contributed by atoms with Gasteiger partial charge < -0.3 is 15.5 Å². The van der Waals surface area contributed by atoms with Crippen LogP contribution in [0.25, 0.3) is 0 Å². The fourth-order valence-corrected chi connectivity index (χ4v) is 1.37. The van der Waals surface area contributed by atoms with Gasteiger partial charge in [0.2, 0.25) is 5.91 Å². The molecule has 9 heteroatoms. The van der Waals surface area contributed by atoms with Crippen LogP contribution in [0.5, 0.6) is 0 Å². The molecule has 4 N–H and O–H groups in total. The largest absolute Gasteiger partial charge is 0.480 e. The van der Waals surface area contributed by atoms with Gasteiger partial charge in [-0.1, -0.05) is 0 Å². The highest BCUT2D eigenvalue weighted by atomic mass is 32.2. The maximum absolute atomic E-state index is 10.9. The van der Waals surface area contributed by atoms with Crippen molar-refractivity contribution in [1.82, 2.24) is 5.32 Å². The normalized spacial score (nSPS) is 13.2. The summed E-state index contributed by atoms with van der Waals surface area (Å²) in [4.78, 5) is 21.3. The van der Waals surface area contributed by atoms with Crippen molar-refractivity contribution < 1.29 is 32.8 Å². The summed E-state index contributed by atoms with van der Waals surface area (Å²) in [6.45, 7) is -0.466. The quantitative estimate of drug-likeness (QED) is 0.387. The molecule has 0 aromatic carbocycles. The maximum atomic E-state index is 10.9. The number of aliphatic carboxylic acids is 1. The Balaban J connectivity index is 4.45. The van der Waals surface area contributed by atoms with Crippen LogP contribution in [0.2, 0.25) is 0 Å². The standard InChI is InChI=1S/C6H11NO7S/c8-2-1-7-5(9)3-4(6(10)11)15(12,13)14/h4,8H,1-3H2,(H,7,9)(H,10,11)(H,12,13,14). The summed E-state index contributed by atoms with van der Waals surface area (Å²) in [6.07, 6.45) is -0.895. The van der Waals surface area contributed by atoms with Crippen LogP contribution in [0.3, 0.4) is 0 Å². The van der Waals surface area contributed by atoms with E-state index in [0.717, 1.165) is 0 Å². The van der Waals surface area contributed by atoms with Crippen LogP contribution in [-0.4, -0.2) is 53.5 Å². The van der Waals surface area contributed by atoms with Crippen molar-refractivity contribution in [2.45, 2.75) is 11.7 Å². The van der Waals surface area contributed by atoms with Crippen molar-refractivity contribution in [3.05, 3.63) is 0 Å². The number of carbonyl (C=O) groups excluding carboxylic acids is 1. The number of carboxylic acid groups (broad SMARTS) is 1. The Morgan fingerprint density at radius 1 is 1.33 bits per heavy atom. The number of hydrogen-bond donors (Lipinski definition) is 4. The molecular formula is C6H11NO7S. The van der Waals surface area contributed by atoms with Crippen molar-refractivity contribution >= 4 is 22.0 Å². The van der Waals surface area contributed by atoms with Crippen LogP contribution < -0.4 is 5.32 Å². The van der Waals surface area contributed by atoms with E-state index in [1.54, 1.807) is 0 Å². The first kappa shape index (κ1) is 13.8. The van der Waals surface area contributed by atoms with E-state index in [4.69, 9.17) is 14.8 Å². The van der Waals surface area contributed by atoms with Crippen LogP contribution in [0, 0.1) is 0 Å². The van der Waals surface area contributed by atoms with Gasteiger partial charge in [0.05, 0.1) is 13.0 Å². The Morgan fingerprint density at radius 3 is 2.20 bits per heavy atom. The van der Waals surface area contributed by atoms with E-state index in [1.165, 1.54) is 0 Å². The molecule has 0 fully saturated rings. The van der Waals surface area contributed by atoms with Gasteiger partial charge in [0.15, 0.2) is 5.25 Å². The summed E-state index contributed by atoms with van der Waals surface area (Å²) >= 11 is 0. The number of aliphatic hydroxyl groups is 1. The third-order valence-corrected chi connectivity index (χ3v) is 2.53. The van der Waals surface area contributed by atoms with Gasteiger partial charge in [-0.15, -0.1) is 0 Å². The predicted molar refractivity (Wildman–Crippen MR) is 47.7 cm³/mol. The van der Waals surface area contributed by atoms with Crippen LogP contribution in [-0.2, 0) is 19.7 Å². The first-order chi connectivity index (χ1) is 6.79. The highest BCUT2D eigenvalue weighted by molar-refractivity contribution is 7.87. The van der Waals surface area contributed by atoms with Gasteiger partial charge in [0.1, 0.15) is 0 Å². The van der Waals surface area contributed by atoms with Gasteiger partial charge in [0, 0.05) is 6.54 Å². The van der Waals surface area contributed by atoms with Gasteiger partial charge in [-0.3, -0.25) is 14.1 Å². The molecule has 1 amide bonds. The summed E-state index contributed by atoms with van der Waals surface area (Å²) in [7, 11) is -4.81. The lowest BCUT2D eigenvalue weighted by molar-refractivity contribution is -0.138. The molecule has 0 aliphatic carbocycles. The fourth-order valence-electron chi connectivity index (χ4n) is 0.756. The molecule has 0 saturated heterocycles. The lowest BCUT2D eigenvalue weighted by Gasteiger charge is -2.08. The second-order valence-electron chi connectivity index (χ2n) is 2.62. The van der Waals surface area contributed by atoms with E-state index in [1.807, 2.05) is 0 Å². The summed E-state index contributed by atoms with van der Waals surface area (Å²) in [5.41, 5.74) is 0. The molecule has 0 aliphatic heterocycles. The molecule has 0 rings (SSSR count). The van der Waals surface area contributed by atoms with Crippen molar-refractivity contribution in [2.75, 3.05) is 13.2 Å². The lowest BCUT2D eigenvalue weighted by Crippen LogP contribution is -2.37. The number of aliphatic hydroxyl groups excluding tert-OH is 1. The molecule has 0 aliphatic rings. The number of amides is 1. The Morgan fingerprint density at radius 2 is 1.87 bits per heavy atom. The topological polar surface area (TPSA) is 141 Å². The van der Waals surface area contributed by atoms with Gasteiger partial charge in [0.25, 0.3) is 10.1 Å². The molecule has 15 heavy (non-hydrogen) atoms. The second-order valence-corrected chi connectivity index (χ2v) is 4.22. The Bertz CT molecular complexity index is 335. The van der Waals surface area contributed by atoms with Crippen LogP contribution in [0.4, 0.5) is 0 Å². The molecule has 0 heterocycles. The minimum atomic E-state index is -4.81. The van der Waals surface area contributed by atoms with Crippen molar-refractivity contribution in [3.8, 4) is 0 Å². The molecule has 88 valence electrons. The molecule has 0 aromatic rings. The summed E-state index contributed by atoms with van der Waals surface area (Å²) in [5, 5.41) is 16.6. The predicted octanol–water partition coefficient (Wildman–Crippen LogP) is -2.17. The number of carboxylic acids is 1. The van der Waals surface area contributed by atoms with E-state index in [2.05, 4.69) is 5.32 Å². The zero-order chi connectivity index (χ0) is 12.1. The van der Waals surface area contributed by atoms with E-state index in [0.29, 0.717) is 0 Å². The molecule has 0 saturated carbocycles. The van der Waals surface area contributed by atoms with Crippen LogP contribution in [0.15, 0.2) is 0 Å². The molecule has 0 radical (unpaired) electrons. The van der Waals surface area contributed by atoms with Gasteiger partial charge in [-0.2, -0.15) is 8.42 Å². The van der Waals surface area contributed by atoms with Crippen molar-refractivity contribution in [3.63, 3.8) is 0 Å². The number of carbonyl (C=O) groups is 2. The van der Waals surface area contributed by atoms with E-state index < -0.39 is 33.7 Å². The average Bonchev–Trinajstić information content (AvgIpc) is 2.08. The Labute approximate surface area is 85.7 Å². The number of nitrogens with one attached hydrogen (secondary N) is 1. The SMILES string of the molecule is O=C(CC(C(=O)O)S(=O)(=O)O)NCCO. The smallest absolute Gasteiger partial charge is 0.324 e. The summed E-state index contributed by atoms with van der Waals surface area (Å²) < 4.78 is 29.5. The molecule has 0 bridgehead atoms. The molecule has 0 aromatic heterocycles. The molecule has 1 unspecified atom stereocenters. The highest BCUT2D eigenvalue weighted by Crippen LogP contribution is 2.04. The minimum absolute atomic E-state index is 0.114. The molecular weight excluding hydrogens is 230 g/mol. The zero-order valence-corrected chi connectivity index (χ0v) is 8.40. The fraction of sp³-hybridized carbons (Fsp3) is 0.667. The monoisotopic (exact) mass is 241 g/mol. The third kappa shape index (κ3) is 5.30. The first-order valence-corrected chi connectivity index (χ1v) is 5.36. The van der Waals surface area contributed by atoms with Gasteiger partial charge in [-0.25, -0.2) is 0 Å². The average molecular weight is 241 g/mol. The van der Waals surface area contributed by atoms with Crippen LogP contribution in [0.1, 0.15) is 6.42 Å². The third-order valence-electron chi connectivity index (χ3n) is 1.44. The van der Waals surface area contributed by atoms with Gasteiger partial charge >= 0.3 is 5.97 Å². The summed E-state index contributed by atoms with van der Waals surface area (Å²) in [6, 6.07) is 0. The van der Waals surface area contributed by atoms with Crippen molar-refractivity contribution in [2.24, 2.45) is 0 Å². The summed E-state index contributed by atoms with van der Waals surface area (Å²) in [5.74, 6) is -2.69. The van der Waals surface area contributed by atoms with Crippen LogP contribution >= 0.6 is 0 Å².